The number of benzene rings is 3. The van der Waals surface area contributed by atoms with E-state index in [1.807, 2.05) is 43.3 Å². The topological polar surface area (TPSA) is 123 Å². The van der Waals surface area contributed by atoms with Crippen molar-refractivity contribution in [2.24, 2.45) is 0 Å². The number of carbonyl (C=O) groups excluding carboxylic acids is 2. The zero-order chi connectivity index (χ0) is 24.2. The van der Waals surface area contributed by atoms with Gasteiger partial charge in [-0.1, -0.05) is 0 Å². The normalized spacial score (nSPS) is 10.9. The first-order chi connectivity index (χ1) is 16.3. The third-order valence-electron chi connectivity index (χ3n) is 5.22. The molecule has 0 bridgehead atoms. The van der Waals surface area contributed by atoms with Crippen LogP contribution in [-0.4, -0.2) is 42.3 Å². The van der Waals surface area contributed by atoms with Crippen LogP contribution in [0.2, 0.25) is 0 Å². The number of anilines is 1. The number of nitrogens with one attached hydrogen (secondary N) is 2. The summed E-state index contributed by atoms with van der Waals surface area (Å²) in [5.74, 6) is -1.35. The number of hydrogen-bond acceptors (Lipinski definition) is 4. The fourth-order valence-electron chi connectivity index (χ4n) is 3.51. The van der Waals surface area contributed by atoms with Gasteiger partial charge in [0, 0.05) is 0 Å². The maximum atomic E-state index is 13.0. The summed E-state index contributed by atoms with van der Waals surface area (Å²) in [6.07, 6.45) is 0.227. The van der Waals surface area contributed by atoms with Gasteiger partial charge in [0.1, 0.15) is 0 Å². The van der Waals surface area contributed by atoms with Gasteiger partial charge < -0.3 is 0 Å². The van der Waals surface area contributed by atoms with Crippen LogP contribution in [0, 0.1) is 18.3 Å². The fourth-order valence-corrected chi connectivity index (χ4v) is 5.37. The van der Waals surface area contributed by atoms with E-state index in [1.54, 1.807) is 18.2 Å². The van der Waals surface area contributed by atoms with Gasteiger partial charge in [0.15, 0.2) is 0 Å². The first kappa shape index (κ1) is 23.0. The van der Waals surface area contributed by atoms with E-state index in [-0.39, 0.29) is 28.0 Å². The quantitative estimate of drug-likeness (QED) is 0.328. The minimum absolute atomic E-state index is 0.0347. The maximum absolute atomic E-state index is 13.0. The Morgan fingerprint density at radius 1 is 1.06 bits per heavy atom. The minimum atomic E-state index is -1.18. The summed E-state index contributed by atoms with van der Waals surface area (Å²) in [7, 11) is 0. The van der Waals surface area contributed by atoms with E-state index >= 15 is 0 Å². The molecule has 167 valence electrons. The molecule has 0 saturated heterocycles. The van der Waals surface area contributed by atoms with Crippen LogP contribution in [0.1, 0.15) is 37.5 Å². The number of aromatic amines is 1. The number of hydrogen-bond donors (Lipinski definition) is 3. The van der Waals surface area contributed by atoms with Crippen molar-refractivity contribution in [1.82, 2.24) is 4.98 Å². The molecule has 0 unspecified atom stereocenters. The molecule has 1 heterocycles. The van der Waals surface area contributed by atoms with Gasteiger partial charge in [-0.3, -0.25) is 0 Å². The van der Waals surface area contributed by atoms with E-state index in [9.17, 15) is 19.5 Å². The molecule has 0 aliphatic rings. The van der Waals surface area contributed by atoms with Gasteiger partial charge >= 0.3 is 195 Å². The van der Waals surface area contributed by atoms with Crippen molar-refractivity contribution in [3.63, 3.8) is 0 Å². The number of nitrogens with zero attached hydrogens (tertiary/aromatic N) is 1. The Balaban J connectivity index is 1.55. The second-order valence-electron chi connectivity index (χ2n) is 7.73. The van der Waals surface area contributed by atoms with Crippen LogP contribution in [0.4, 0.5) is 5.69 Å². The Morgan fingerprint density at radius 3 is 2.53 bits per heavy atom. The predicted octanol–water partition coefficient (Wildman–Crippen LogP) is 3.40. The molecule has 1 radical (unpaired) electrons. The van der Waals surface area contributed by atoms with Crippen LogP contribution in [0.5, 0.6) is 0 Å². The predicted molar refractivity (Wildman–Crippen MR) is 130 cm³/mol. The fraction of sp³-hybridized carbons (Fsp3) is 0.0769. The number of carbonyl (C=O) groups is 3. The molecule has 0 saturated carbocycles. The molecule has 3 aromatic carbocycles. The standard InChI is InChI=1S/C26H19AsN3O4/c1-15-5-7-16(8-6-15)12-23(31)29-21-4-2-3-18-13-22(30-24(18)21)25(32)27-20-10-9-17(14-28)11-19(20)26(33)34/h2-11,13,30H,12H2,1H3,(H,29,31)(H,33,34). The molecule has 0 aliphatic carbocycles. The number of rotatable bonds is 7. The van der Waals surface area contributed by atoms with Crippen LogP contribution in [0.25, 0.3) is 10.9 Å². The molecule has 7 nitrogen and oxygen atoms in total. The molecule has 4 rings (SSSR count). The Kier molecular flexibility index (Phi) is 6.62. The molecule has 0 atom stereocenters. The summed E-state index contributed by atoms with van der Waals surface area (Å²) in [6, 6.07) is 21.1. The number of H-pyrrole nitrogens is 1. The van der Waals surface area contributed by atoms with E-state index in [1.165, 1.54) is 18.2 Å². The molecule has 1 amide bonds. The number of para-hydroxylation sites is 1. The Labute approximate surface area is 202 Å². The van der Waals surface area contributed by atoms with Gasteiger partial charge in [-0.05, 0) is 6.92 Å². The molecule has 0 spiro atoms. The molecular formula is C26H19AsN3O4. The summed E-state index contributed by atoms with van der Waals surface area (Å²) in [4.78, 5) is 40.2. The molecule has 8 heteroatoms. The van der Waals surface area contributed by atoms with Crippen LogP contribution >= 0.6 is 0 Å². The second-order valence-corrected chi connectivity index (χ2v) is 10.1. The van der Waals surface area contributed by atoms with Gasteiger partial charge in [0.25, 0.3) is 0 Å². The van der Waals surface area contributed by atoms with Gasteiger partial charge in [0.2, 0.25) is 0 Å². The SMILES string of the molecule is Cc1ccc(CC(=O)Nc2cccc3cc(C(=O)[As]c4ccc(C#N)cc4C(=O)O)[nH]c23)cc1. The number of carboxylic acid groups (broad SMARTS) is 1. The van der Waals surface area contributed by atoms with Gasteiger partial charge in [0.05, 0.1) is 0 Å². The number of aryl methyl sites for hydroxylation is 1. The van der Waals surface area contributed by atoms with Crippen LogP contribution in [0.3, 0.4) is 0 Å². The van der Waals surface area contributed by atoms with E-state index < -0.39 is 21.7 Å². The second kappa shape index (κ2) is 9.78. The number of amides is 1. The third-order valence-corrected chi connectivity index (χ3v) is 7.48. The molecule has 0 fully saturated rings. The number of aromatic nitrogens is 1. The molecule has 1 aromatic heterocycles. The monoisotopic (exact) mass is 512 g/mol. The molecule has 4 aromatic rings. The summed E-state index contributed by atoms with van der Waals surface area (Å²) < 4.78 is 0.203. The van der Waals surface area contributed by atoms with Crippen molar-refractivity contribution in [1.29, 1.82) is 5.26 Å². The number of fused-ring (bicyclic) bond motifs is 1. The summed E-state index contributed by atoms with van der Waals surface area (Å²) in [6.45, 7) is 1.99. The summed E-state index contributed by atoms with van der Waals surface area (Å²) in [5.41, 5.74) is 3.75. The van der Waals surface area contributed by atoms with Crippen molar-refractivity contribution in [2.45, 2.75) is 13.3 Å². The Hall–Kier alpha value is -4.14. The zero-order valence-electron chi connectivity index (χ0n) is 18.1. The van der Waals surface area contributed by atoms with Gasteiger partial charge in [-0.2, -0.15) is 0 Å². The molecular weight excluding hydrogens is 493 g/mol. The molecule has 3 N–H and O–H groups in total. The van der Waals surface area contributed by atoms with E-state index in [0.29, 0.717) is 21.2 Å². The van der Waals surface area contributed by atoms with Crippen molar-refractivity contribution < 1.29 is 19.5 Å². The van der Waals surface area contributed by atoms with E-state index in [4.69, 9.17) is 5.26 Å². The van der Waals surface area contributed by atoms with E-state index in [0.717, 1.165) is 16.5 Å². The van der Waals surface area contributed by atoms with Crippen LogP contribution in [-0.2, 0) is 11.2 Å². The molecule has 34 heavy (non-hydrogen) atoms. The number of carboxylic acids is 1. The average Bonchev–Trinajstić information content (AvgIpc) is 3.26. The third kappa shape index (κ3) is 5.09. The van der Waals surface area contributed by atoms with E-state index in [2.05, 4.69) is 10.3 Å². The van der Waals surface area contributed by atoms with Crippen molar-refractivity contribution in [3.8, 4) is 6.07 Å². The van der Waals surface area contributed by atoms with Crippen molar-refractivity contribution in [2.75, 3.05) is 5.32 Å². The summed E-state index contributed by atoms with van der Waals surface area (Å²) >= 11 is -1.16. The van der Waals surface area contributed by atoms with Crippen LogP contribution in [0.15, 0.2) is 66.7 Å². The van der Waals surface area contributed by atoms with Crippen molar-refractivity contribution in [3.05, 3.63) is 94.7 Å². The molecule has 0 aliphatic heterocycles. The van der Waals surface area contributed by atoms with Crippen LogP contribution < -0.4 is 9.67 Å². The van der Waals surface area contributed by atoms with Gasteiger partial charge in [-0.25, -0.2) is 0 Å². The van der Waals surface area contributed by atoms with Crippen molar-refractivity contribution >= 4 is 53.1 Å². The average molecular weight is 512 g/mol. The zero-order valence-corrected chi connectivity index (χ0v) is 20.0. The Morgan fingerprint density at radius 2 is 1.82 bits per heavy atom. The number of nitriles is 1. The first-order valence-corrected chi connectivity index (χ1v) is 12.2. The Bertz CT molecular complexity index is 1470. The number of aromatic carboxylic acids is 1. The van der Waals surface area contributed by atoms with Gasteiger partial charge in [-0.15, -0.1) is 0 Å². The first-order valence-electron chi connectivity index (χ1n) is 10.3. The summed E-state index contributed by atoms with van der Waals surface area (Å²) in [5, 5.41) is 22.2.